The highest BCUT2D eigenvalue weighted by molar-refractivity contribution is 5.77. The van der Waals surface area contributed by atoms with Gasteiger partial charge in [-0.3, -0.25) is 10.2 Å². The average Bonchev–Trinajstić information content (AvgIpc) is 2.28. The van der Waals surface area contributed by atoms with Gasteiger partial charge in [-0.2, -0.15) is 0 Å². The predicted octanol–water partition coefficient (Wildman–Crippen LogP) is 1.01. The number of ether oxygens (including phenoxy) is 1. The van der Waals surface area contributed by atoms with Crippen molar-refractivity contribution in [2.45, 2.75) is 19.8 Å². The van der Waals surface area contributed by atoms with E-state index < -0.39 is 0 Å². The molecule has 0 aliphatic carbocycles. The number of hydrazine groups is 1. The molecule has 82 valence electrons. The normalized spacial score (nSPS) is 9.73. The van der Waals surface area contributed by atoms with Gasteiger partial charge < -0.3 is 4.74 Å². The Morgan fingerprint density at radius 1 is 1.40 bits per heavy atom. The van der Waals surface area contributed by atoms with Crippen molar-refractivity contribution in [1.29, 1.82) is 0 Å². The first-order valence-corrected chi connectivity index (χ1v) is 4.97. The molecule has 4 nitrogen and oxygen atoms in total. The monoisotopic (exact) mass is 208 g/mol. The first kappa shape index (κ1) is 11.5. The second-order valence-electron chi connectivity index (χ2n) is 3.24. The van der Waals surface area contributed by atoms with Crippen LogP contribution < -0.4 is 16.0 Å². The molecular weight excluding hydrogens is 192 g/mol. The molecule has 0 aromatic heterocycles. The van der Waals surface area contributed by atoms with E-state index in [4.69, 9.17) is 10.6 Å². The fraction of sp³-hybridized carbons (Fsp3) is 0.364. The Balaban J connectivity index is 2.52. The van der Waals surface area contributed by atoms with Gasteiger partial charge in [-0.05, 0) is 24.1 Å². The second-order valence-corrected chi connectivity index (χ2v) is 3.24. The zero-order valence-corrected chi connectivity index (χ0v) is 8.82. The van der Waals surface area contributed by atoms with Gasteiger partial charge in [0.2, 0.25) is 5.91 Å². The summed E-state index contributed by atoms with van der Waals surface area (Å²) in [5.74, 6) is 5.62. The zero-order valence-electron chi connectivity index (χ0n) is 8.82. The molecule has 0 aliphatic heterocycles. The molecule has 0 radical (unpaired) electrons. The Morgan fingerprint density at radius 3 is 2.60 bits per heavy atom. The van der Waals surface area contributed by atoms with Gasteiger partial charge in [-0.15, -0.1) is 0 Å². The SMILES string of the molecule is CCCOc1ccc(CC(=O)NN)cc1. The highest BCUT2D eigenvalue weighted by Gasteiger charge is 2.01. The second kappa shape index (κ2) is 6.03. The molecule has 0 bridgehead atoms. The van der Waals surface area contributed by atoms with E-state index in [0.717, 1.165) is 17.7 Å². The first-order valence-electron chi connectivity index (χ1n) is 4.97. The molecule has 0 heterocycles. The van der Waals surface area contributed by atoms with Crippen LogP contribution in [0, 0.1) is 0 Å². The van der Waals surface area contributed by atoms with Crippen molar-refractivity contribution < 1.29 is 9.53 Å². The lowest BCUT2D eigenvalue weighted by atomic mass is 10.1. The third-order valence-electron chi connectivity index (χ3n) is 1.92. The van der Waals surface area contributed by atoms with E-state index in [2.05, 4.69) is 12.3 Å². The maximum atomic E-state index is 11.0. The van der Waals surface area contributed by atoms with Crippen molar-refractivity contribution in [1.82, 2.24) is 5.43 Å². The van der Waals surface area contributed by atoms with Gasteiger partial charge in [0.25, 0.3) is 0 Å². The van der Waals surface area contributed by atoms with Gasteiger partial charge in [0.05, 0.1) is 13.0 Å². The largest absolute Gasteiger partial charge is 0.494 e. The number of nitrogens with one attached hydrogen (secondary N) is 1. The summed E-state index contributed by atoms with van der Waals surface area (Å²) in [5.41, 5.74) is 3.01. The van der Waals surface area contributed by atoms with E-state index in [1.807, 2.05) is 24.3 Å². The number of hydrogen-bond acceptors (Lipinski definition) is 3. The summed E-state index contributed by atoms with van der Waals surface area (Å²) >= 11 is 0. The minimum Gasteiger partial charge on any atom is -0.494 e. The van der Waals surface area contributed by atoms with Crippen molar-refractivity contribution in [3.05, 3.63) is 29.8 Å². The highest BCUT2D eigenvalue weighted by Crippen LogP contribution is 2.12. The summed E-state index contributed by atoms with van der Waals surface area (Å²) < 4.78 is 5.42. The van der Waals surface area contributed by atoms with Crippen LogP contribution in [0.1, 0.15) is 18.9 Å². The molecule has 1 rings (SSSR count). The quantitative estimate of drug-likeness (QED) is 0.431. The number of nitrogens with two attached hydrogens (primary N) is 1. The standard InChI is InChI=1S/C11H16N2O2/c1-2-7-15-10-5-3-9(4-6-10)8-11(14)13-12/h3-6H,2,7-8,12H2,1H3,(H,13,14). The first-order chi connectivity index (χ1) is 7.26. The van der Waals surface area contributed by atoms with E-state index in [-0.39, 0.29) is 5.91 Å². The van der Waals surface area contributed by atoms with Crippen LogP contribution in [0.25, 0.3) is 0 Å². The van der Waals surface area contributed by atoms with Gasteiger partial charge in [0.15, 0.2) is 0 Å². The minimum absolute atomic E-state index is 0.197. The molecule has 0 aliphatic rings. The number of rotatable bonds is 5. The number of amides is 1. The molecule has 1 amide bonds. The van der Waals surface area contributed by atoms with E-state index in [1.165, 1.54) is 0 Å². The Labute approximate surface area is 89.4 Å². The number of carbonyl (C=O) groups excluding carboxylic acids is 1. The molecule has 0 saturated carbocycles. The van der Waals surface area contributed by atoms with Gasteiger partial charge in [-0.25, -0.2) is 5.84 Å². The van der Waals surface area contributed by atoms with Gasteiger partial charge in [0, 0.05) is 0 Å². The van der Waals surface area contributed by atoms with E-state index in [1.54, 1.807) is 0 Å². The predicted molar refractivity (Wildman–Crippen MR) is 58.3 cm³/mol. The molecule has 4 heteroatoms. The molecule has 1 aromatic carbocycles. The van der Waals surface area contributed by atoms with Crippen molar-refractivity contribution in [2.24, 2.45) is 5.84 Å². The molecule has 15 heavy (non-hydrogen) atoms. The number of hydrogen-bond donors (Lipinski definition) is 2. The molecule has 1 aromatic rings. The zero-order chi connectivity index (χ0) is 11.1. The molecule has 0 saturated heterocycles. The Bertz CT molecular complexity index is 309. The smallest absolute Gasteiger partial charge is 0.238 e. The highest BCUT2D eigenvalue weighted by atomic mass is 16.5. The number of benzene rings is 1. The lowest BCUT2D eigenvalue weighted by molar-refractivity contribution is -0.120. The summed E-state index contributed by atoms with van der Waals surface area (Å²) in [7, 11) is 0. The van der Waals surface area contributed by atoms with Crippen LogP contribution in [0.3, 0.4) is 0 Å². The van der Waals surface area contributed by atoms with Crippen LogP contribution in [0.4, 0.5) is 0 Å². The van der Waals surface area contributed by atoms with Crippen molar-refractivity contribution in [3.8, 4) is 5.75 Å². The Kier molecular flexibility index (Phi) is 4.63. The van der Waals surface area contributed by atoms with Crippen LogP contribution in [0.15, 0.2) is 24.3 Å². The molecule has 0 spiro atoms. The third kappa shape index (κ3) is 3.99. The molecule has 0 fully saturated rings. The summed E-state index contributed by atoms with van der Waals surface area (Å²) in [6.45, 7) is 2.77. The molecule has 0 atom stereocenters. The van der Waals surface area contributed by atoms with Gasteiger partial charge in [0.1, 0.15) is 5.75 Å². The van der Waals surface area contributed by atoms with E-state index in [9.17, 15) is 4.79 Å². The maximum Gasteiger partial charge on any atom is 0.238 e. The summed E-state index contributed by atoms with van der Waals surface area (Å²) in [5, 5.41) is 0. The van der Waals surface area contributed by atoms with Crippen LogP contribution in [-0.2, 0) is 11.2 Å². The van der Waals surface area contributed by atoms with Gasteiger partial charge >= 0.3 is 0 Å². The van der Waals surface area contributed by atoms with Crippen molar-refractivity contribution in [2.75, 3.05) is 6.61 Å². The summed E-state index contributed by atoms with van der Waals surface area (Å²) in [6.07, 6.45) is 1.28. The van der Waals surface area contributed by atoms with Crippen LogP contribution in [-0.4, -0.2) is 12.5 Å². The minimum atomic E-state index is -0.197. The third-order valence-corrected chi connectivity index (χ3v) is 1.92. The maximum absolute atomic E-state index is 11.0. The fourth-order valence-corrected chi connectivity index (χ4v) is 1.16. The van der Waals surface area contributed by atoms with Crippen molar-refractivity contribution in [3.63, 3.8) is 0 Å². The van der Waals surface area contributed by atoms with Gasteiger partial charge in [-0.1, -0.05) is 19.1 Å². The van der Waals surface area contributed by atoms with E-state index in [0.29, 0.717) is 13.0 Å². The molecular formula is C11H16N2O2. The Hall–Kier alpha value is -1.55. The summed E-state index contributed by atoms with van der Waals surface area (Å²) in [4.78, 5) is 11.0. The average molecular weight is 208 g/mol. The lowest BCUT2D eigenvalue weighted by Gasteiger charge is -2.05. The van der Waals surface area contributed by atoms with E-state index >= 15 is 0 Å². The number of carbonyl (C=O) groups is 1. The fourth-order valence-electron chi connectivity index (χ4n) is 1.16. The van der Waals surface area contributed by atoms with Crippen molar-refractivity contribution >= 4 is 5.91 Å². The van der Waals surface area contributed by atoms with Crippen LogP contribution in [0.5, 0.6) is 5.75 Å². The lowest BCUT2D eigenvalue weighted by Crippen LogP contribution is -2.31. The van der Waals surface area contributed by atoms with Crippen LogP contribution >= 0.6 is 0 Å². The summed E-state index contributed by atoms with van der Waals surface area (Å²) in [6, 6.07) is 7.43. The topological polar surface area (TPSA) is 64.3 Å². The van der Waals surface area contributed by atoms with Crippen LogP contribution in [0.2, 0.25) is 0 Å². The molecule has 3 N–H and O–H groups in total. The Morgan fingerprint density at radius 2 is 2.07 bits per heavy atom. The molecule has 0 unspecified atom stereocenters.